The lowest BCUT2D eigenvalue weighted by atomic mass is 10.3. The number of methoxy groups -OCH3 is 1. The summed E-state index contributed by atoms with van der Waals surface area (Å²) < 4.78 is 10.4. The number of thiazole rings is 1. The fourth-order valence-corrected chi connectivity index (χ4v) is 2.82. The van der Waals surface area contributed by atoms with Crippen molar-refractivity contribution in [1.82, 2.24) is 15.2 Å². The van der Waals surface area contributed by atoms with Gasteiger partial charge in [-0.2, -0.15) is 0 Å². The Kier molecular flexibility index (Phi) is 4.56. The Morgan fingerprint density at radius 2 is 2.35 bits per heavy atom. The predicted octanol–water partition coefficient (Wildman–Crippen LogP) is 0.778. The summed E-state index contributed by atoms with van der Waals surface area (Å²) in [4.78, 5) is 29.6. The first kappa shape index (κ1) is 14.7. The number of nitrogens with one attached hydrogen (secondary N) is 1. The second kappa shape index (κ2) is 6.19. The standard InChI is InChI=1S/C12H17N3O4S/c1-7-10(20-9(14-7)6-18-3)11(16)19-8-4-13-12(17)15(2)5-8/h8H,4-6H2,1-3H3,(H,13,17). The molecule has 2 amide bonds. The van der Waals surface area contributed by atoms with Gasteiger partial charge in [-0.25, -0.2) is 14.6 Å². The SMILES string of the molecule is COCc1nc(C)c(C(=O)OC2CNC(=O)N(C)C2)s1. The summed E-state index contributed by atoms with van der Waals surface area (Å²) in [5.74, 6) is -0.406. The second-order valence-electron chi connectivity index (χ2n) is 4.55. The lowest BCUT2D eigenvalue weighted by Gasteiger charge is -2.29. The molecule has 1 N–H and O–H groups in total. The summed E-state index contributed by atoms with van der Waals surface area (Å²) in [6.07, 6.45) is -0.349. The lowest BCUT2D eigenvalue weighted by molar-refractivity contribution is 0.0208. The fourth-order valence-electron chi connectivity index (χ4n) is 1.90. The minimum atomic E-state index is -0.406. The van der Waals surface area contributed by atoms with Crippen molar-refractivity contribution in [2.45, 2.75) is 19.6 Å². The number of carbonyl (C=O) groups excluding carboxylic acids is 2. The molecule has 1 unspecified atom stereocenters. The molecule has 1 saturated heterocycles. The summed E-state index contributed by atoms with van der Waals surface area (Å²) in [7, 11) is 3.24. The molecule has 1 aliphatic rings. The van der Waals surface area contributed by atoms with Gasteiger partial charge < -0.3 is 19.7 Å². The van der Waals surface area contributed by atoms with Crippen LogP contribution in [0.4, 0.5) is 4.79 Å². The zero-order chi connectivity index (χ0) is 14.7. The molecule has 1 aromatic rings. The van der Waals surface area contributed by atoms with Crippen molar-refractivity contribution in [2.75, 3.05) is 27.2 Å². The van der Waals surface area contributed by atoms with E-state index in [0.717, 1.165) is 5.01 Å². The normalized spacial score (nSPS) is 18.9. The van der Waals surface area contributed by atoms with Crippen molar-refractivity contribution < 1.29 is 19.1 Å². The van der Waals surface area contributed by atoms with Crippen LogP contribution < -0.4 is 5.32 Å². The van der Waals surface area contributed by atoms with Crippen molar-refractivity contribution in [3.63, 3.8) is 0 Å². The number of esters is 1. The Morgan fingerprint density at radius 1 is 1.60 bits per heavy atom. The van der Waals surface area contributed by atoms with E-state index >= 15 is 0 Å². The van der Waals surface area contributed by atoms with Crippen molar-refractivity contribution in [3.05, 3.63) is 15.6 Å². The van der Waals surface area contributed by atoms with Gasteiger partial charge in [0.25, 0.3) is 0 Å². The number of likely N-dealkylation sites (N-methyl/N-ethyl adjacent to an activating group) is 1. The number of ether oxygens (including phenoxy) is 2. The van der Waals surface area contributed by atoms with E-state index in [1.807, 2.05) is 0 Å². The number of amides is 2. The molecule has 20 heavy (non-hydrogen) atoms. The number of aryl methyl sites for hydroxylation is 1. The molecule has 7 nitrogen and oxygen atoms in total. The molecule has 1 aromatic heterocycles. The van der Waals surface area contributed by atoms with E-state index in [9.17, 15) is 9.59 Å². The van der Waals surface area contributed by atoms with Crippen LogP contribution in [0, 0.1) is 6.92 Å². The quantitative estimate of drug-likeness (QED) is 0.831. The van der Waals surface area contributed by atoms with Crippen molar-refractivity contribution in [3.8, 4) is 0 Å². The third-order valence-corrected chi connectivity index (χ3v) is 3.98. The molecule has 110 valence electrons. The smallest absolute Gasteiger partial charge is 0.350 e. The van der Waals surface area contributed by atoms with Gasteiger partial charge in [-0.3, -0.25) is 0 Å². The van der Waals surface area contributed by atoms with Gasteiger partial charge in [-0.05, 0) is 6.92 Å². The number of urea groups is 1. The van der Waals surface area contributed by atoms with Crippen molar-refractivity contribution in [2.24, 2.45) is 0 Å². The Bertz CT molecular complexity index is 517. The zero-order valence-electron chi connectivity index (χ0n) is 11.6. The molecule has 8 heteroatoms. The molecule has 1 atom stereocenters. The number of hydrogen-bond acceptors (Lipinski definition) is 6. The van der Waals surface area contributed by atoms with Crippen molar-refractivity contribution >= 4 is 23.3 Å². The van der Waals surface area contributed by atoms with E-state index < -0.39 is 5.97 Å². The van der Waals surface area contributed by atoms with E-state index in [1.165, 1.54) is 16.2 Å². The predicted molar refractivity (Wildman–Crippen MR) is 72.8 cm³/mol. The van der Waals surface area contributed by atoms with Crippen molar-refractivity contribution in [1.29, 1.82) is 0 Å². The average molecular weight is 299 g/mol. The number of aromatic nitrogens is 1. The topological polar surface area (TPSA) is 80.8 Å². The van der Waals surface area contributed by atoms with E-state index in [0.29, 0.717) is 30.3 Å². The maximum Gasteiger partial charge on any atom is 0.350 e. The third kappa shape index (κ3) is 3.26. The molecule has 0 spiro atoms. The van der Waals surface area contributed by atoms with Crippen LogP contribution in [0.5, 0.6) is 0 Å². The van der Waals surface area contributed by atoms with Crippen LogP contribution in [0.3, 0.4) is 0 Å². The molecule has 2 heterocycles. The highest BCUT2D eigenvalue weighted by Crippen LogP contribution is 2.20. The zero-order valence-corrected chi connectivity index (χ0v) is 12.5. The van der Waals surface area contributed by atoms with Gasteiger partial charge in [0.2, 0.25) is 0 Å². The number of carbonyl (C=O) groups is 2. The summed E-state index contributed by atoms with van der Waals surface area (Å²) in [6, 6.07) is -0.159. The highest BCUT2D eigenvalue weighted by atomic mass is 32.1. The lowest BCUT2D eigenvalue weighted by Crippen LogP contribution is -2.53. The van der Waals surface area contributed by atoms with Gasteiger partial charge in [0.15, 0.2) is 0 Å². The minimum absolute atomic E-state index is 0.159. The van der Waals surface area contributed by atoms with Crippen LogP contribution in [0.15, 0.2) is 0 Å². The Hall–Kier alpha value is -1.67. The average Bonchev–Trinajstić information content (AvgIpc) is 2.75. The van der Waals surface area contributed by atoms with Gasteiger partial charge in [0.1, 0.15) is 16.0 Å². The summed E-state index contributed by atoms with van der Waals surface area (Å²) in [5.41, 5.74) is 0.639. The maximum atomic E-state index is 12.1. The first-order valence-electron chi connectivity index (χ1n) is 6.16. The van der Waals surface area contributed by atoms with Gasteiger partial charge in [-0.15, -0.1) is 11.3 Å². The van der Waals surface area contributed by atoms with Crippen LogP contribution in [-0.2, 0) is 16.1 Å². The molecule has 0 aliphatic carbocycles. The van der Waals surface area contributed by atoms with Crippen LogP contribution in [-0.4, -0.2) is 55.2 Å². The van der Waals surface area contributed by atoms with Gasteiger partial charge in [-0.1, -0.05) is 0 Å². The number of nitrogens with zero attached hydrogens (tertiary/aromatic N) is 2. The number of hydrogen-bond donors (Lipinski definition) is 1. The first-order chi connectivity index (χ1) is 9.51. The van der Waals surface area contributed by atoms with Gasteiger partial charge in [0, 0.05) is 14.2 Å². The van der Waals surface area contributed by atoms with E-state index in [1.54, 1.807) is 21.1 Å². The van der Waals surface area contributed by atoms with Gasteiger partial charge in [0.05, 0.1) is 25.4 Å². The molecular weight excluding hydrogens is 282 g/mol. The Balaban J connectivity index is 1.99. The number of rotatable bonds is 4. The first-order valence-corrected chi connectivity index (χ1v) is 6.98. The molecule has 1 aliphatic heterocycles. The summed E-state index contributed by atoms with van der Waals surface area (Å²) in [6.45, 7) is 2.86. The largest absolute Gasteiger partial charge is 0.454 e. The molecule has 0 bridgehead atoms. The Morgan fingerprint density at radius 3 is 3.00 bits per heavy atom. The monoisotopic (exact) mass is 299 g/mol. The van der Waals surface area contributed by atoms with Gasteiger partial charge >= 0.3 is 12.0 Å². The third-order valence-electron chi connectivity index (χ3n) is 2.87. The van der Waals surface area contributed by atoms with Crippen LogP contribution in [0.25, 0.3) is 0 Å². The van der Waals surface area contributed by atoms with E-state index in [-0.39, 0.29) is 12.1 Å². The summed E-state index contributed by atoms with van der Waals surface area (Å²) in [5, 5.41) is 3.40. The van der Waals surface area contributed by atoms with E-state index in [4.69, 9.17) is 9.47 Å². The van der Waals surface area contributed by atoms with Crippen LogP contribution in [0.2, 0.25) is 0 Å². The highest BCUT2D eigenvalue weighted by Gasteiger charge is 2.27. The molecule has 2 rings (SSSR count). The summed E-state index contributed by atoms with van der Waals surface area (Å²) >= 11 is 1.27. The molecule has 0 radical (unpaired) electrons. The fraction of sp³-hybridized carbons (Fsp3) is 0.583. The van der Waals surface area contributed by atoms with Crippen LogP contribution in [0.1, 0.15) is 20.4 Å². The molecule has 0 aromatic carbocycles. The van der Waals surface area contributed by atoms with E-state index in [2.05, 4.69) is 10.3 Å². The molecule has 1 fully saturated rings. The highest BCUT2D eigenvalue weighted by molar-refractivity contribution is 7.13. The minimum Gasteiger partial charge on any atom is -0.454 e. The Labute approximate surface area is 120 Å². The second-order valence-corrected chi connectivity index (χ2v) is 5.63. The molecule has 0 saturated carbocycles. The molecular formula is C12H17N3O4S. The van der Waals surface area contributed by atoms with Crippen LogP contribution >= 0.6 is 11.3 Å². The maximum absolute atomic E-state index is 12.1.